The summed E-state index contributed by atoms with van der Waals surface area (Å²) in [5, 5.41) is 0. The Hall–Kier alpha value is -2.24. The lowest BCUT2D eigenvalue weighted by molar-refractivity contribution is -0.0798. The molecular formula is C18H14F6. The molecule has 0 aromatic heterocycles. The zero-order chi connectivity index (χ0) is 17.9. The van der Waals surface area contributed by atoms with Crippen molar-refractivity contribution in [2.45, 2.75) is 25.9 Å². The molecule has 6 heteroatoms. The van der Waals surface area contributed by atoms with Crippen LogP contribution in [0.5, 0.6) is 0 Å². The van der Waals surface area contributed by atoms with Gasteiger partial charge in [0.1, 0.15) is 17.5 Å². The molecule has 0 bridgehead atoms. The lowest BCUT2D eigenvalue weighted by Crippen LogP contribution is -2.02. The summed E-state index contributed by atoms with van der Waals surface area (Å²) in [5.41, 5.74) is 0.186. The van der Waals surface area contributed by atoms with Gasteiger partial charge in [-0.25, -0.2) is 13.2 Å². The molecule has 2 rings (SSSR count). The highest BCUT2D eigenvalue weighted by Gasteiger charge is 2.26. The highest BCUT2D eigenvalue weighted by molar-refractivity contribution is 5.69. The van der Waals surface area contributed by atoms with E-state index in [1.165, 1.54) is 18.2 Å². The molecule has 0 aliphatic rings. The predicted molar refractivity (Wildman–Crippen MR) is 80.9 cm³/mol. The number of alkyl halides is 3. The van der Waals surface area contributed by atoms with E-state index in [1.54, 1.807) is 6.07 Å². The fourth-order valence-electron chi connectivity index (χ4n) is 2.33. The van der Waals surface area contributed by atoms with E-state index in [1.807, 2.05) is 6.92 Å². The van der Waals surface area contributed by atoms with Crippen molar-refractivity contribution < 1.29 is 26.3 Å². The largest absolute Gasteiger partial charge is 0.412 e. The van der Waals surface area contributed by atoms with E-state index >= 15 is 0 Å². The topological polar surface area (TPSA) is 0 Å². The number of allylic oxidation sites excluding steroid dienone is 1. The number of hydrogen-bond donors (Lipinski definition) is 0. The van der Waals surface area contributed by atoms with Crippen LogP contribution in [0.2, 0.25) is 0 Å². The second kappa shape index (κ2) is 7.11. The summed E-state index contributed by atoms with van der Waals surface area (Å²) >= 11 is 0. The molecule has 0 aliphatic heterocycles. The number of hydrogen-bond acceptors (Lipinski definition) is 0. The Labute approximate surface area is 135 Å². The lowest BCUT2D eigenvalue weighted by Gasteiger charge is -2.08. The fourth-order valence-corrected chi connectivity index (χ4v) is 2.33. The summed E-state index contributed by atoms with van der Waals surface area (Å²) in [6.07, 6.45) is -3.98. The van der Waals surface area contributed by atoms with Crippen molar-refractivity contribution in [2.75, 3.05) is 0 Å². The molecule has 0 N–H and O–H groups in total. The molecule has 0 unspecified atom stereocenters. The van der Waals surface area contributed by atoms with E-state index in [2.05, 4.69) is 0 Å². The summed E-state index contributed by atoms with van der Waals surface area (Å²) in [7, 11) is 0. The van der Waals surface area contributed by atoms with E-state index in [4.69, 9.17) is 0 Å². The average Bonchev–Trinajstić information content (AvgIpc) is 2.45. The SMILES string of the molecule is CCCc1ccc(-c2ccc(C(F)=CC(F)(F)F)c(F)c2)c(F)c1. The third kappa shape index (κ3) is 4.40. The van der Waals surface area contributed by atoms with Gasteiger partial charge >= 0.3 is 6.18 Å². The molecule has 24 heavy (non-hydrogen) atoms. The summed E-state index contributed by atoms with van der Waals surface area (Å²) in [5.74, 6) is -3.49. The zero-order valence-corrected chi connectivity index (χ0v) is 12.7. The minimum atomic E-state index is -4.89. The van der Waals surface area contributed by atoms with Gasteiger partial charge in [-0.05, 0) is 35.7 Å². The molecule has 0 saturated carbocycles. The van der Waals surface area contributed by atoms with Crippen molar-refractivity contribution in [3.8, 4) is 11.1 Å². The first-order valence-electron chi connectivity index (χ1n) is 7.25. The summed E-state index contributed by atoms with van der Waals surface area (Å²) in [4.78, 5) is 0. The first kappa shape index (κ1) is 18.1. The van der Waals surface area contributed by atoms with Crippen molar-refractivity contribution >= 4 is 5.83 Å². The molecule has 0 fully saturated rings. The number of halogens is 6. The second-order valence-corrected chi connectivity index (χ2v) is 5.29. The van der Waals surface area contributed by atoms with E-state index in [-0.39, 0.29) is 11.1 Å². The molecule has 0 heterocycles. The smallest absolute Gasteiger partial charge is 0.206 e. The number of benzene rings is 2. The van der Waals surface area contributed by atoms with Crippen molar-refractivity contribution in [1.82, 2.24) is 0 Å². The second-order valence-electron chi connectivity index (χ2n) is 5.29. The summed E-state index contributed by atoms with van der Waals surface area (Å²) in [6, 6.07) is 7.35. The van der Waals surface area contributed by atoms with E-state index < -0.39 is 35.3 Å². The van der Waals surface area contributed by atoms with Gasteiger partial charge in [0.05, 0.1) is 6.08 Å². The predicted octanol–water partition coefficient (Wildman–Crippen LogP) is 6.46. The molecule has 0 amide bonds. The van der Waals surface area contributed by atoms with Crippen LogP contribution in [0.4, 0.5) is 26.3 Å². The normalized spacial score (nSPS) is 12.5. The molecule has 0 saturated heterocycles. The van der Waals surface area contributed by atoms with Crippen LogP contribution in [0.1, 0.15) is 24.5 Å². The summed E-state index contributed by atoms with van der Waals surface area (Å²) < 4.78 is 77.9. The Kier molecular flexibility index (Phi) is 5.36. The Bertz CT molecular complexity index is 759. The van der Waals surface area contributed by atoms with Gasteiger partial charge in [-0.2, -0.15) is 13.2 Å². The molecule has 2 aromatic rings. The van der Waals surface area contributed by atoms with Crippen molar-refractivity contribution in [3.63, 3.8) is 0 Å². The zero-order valence-electron chi connectivity index (χ0n) is 12.7. The van der Waals surface area contributed by atoms with Gasteiger partial charge in [-0.1, -0.05) is 31.5 Å². The standard InChI is InChI=1S/C18H14F6/c1-2-3-11-4-6-13(15(19)8-11)12-5-7-14(16(20)9-12)17(21)10-18(22,23)24/h4-10H,2-3H2,1H3. The van der Waals surface area contributed by atoms with Gasteiger partial charge in [-0.3, -0.25) is 0 Å². The Morgan fingerprint density at radius 2 is 1.71 bits per heavy atom. The van der Waals surface area contributed by atoms with E-state index in [0.717, 1.165) is 24.1 Å². The van der Waals surface area contributed by atoms with Crippen LogP contribution in [0, 0.1) is 11.6 Å². The lowest BCUT2D eigenvalue weighted by atomic mass is 9.99. The van der Waals surface area contributed by atoms with Gasteiger partial charge in [0.15, 0.2) is 0 Å². The van der Waals surface area contributed by atoms with Crippen LogP contribution in [0.25, 0.3) is 17.0 Å². The van der Waals surface area contributed by atoms with Crippen LogP contribution >= 0.6 is 0 Å². The molecular weight excluding hydrogens is 330 g/mol. The van der Waals surface area contributed by atoms with E-state index in [0.29, 0.717) is 6.42 Å². The molecule has 2 aromatic carbocycles. The number of aryl methyl sites for hydroxylation is 1. The molecule has 0 atom stereocenters. The molecule has 0 nitrogen and oxygen atoms in total. The minimum absolute atomic E-state index is 0.0977. The Morgan fingerprint density at radius 3 is 2.25 bits per heavy atom. The van der Waals surface area contributed by atoms with Gasteiger partial charge in [0, 0.05) is 11.1 Å². The van der Waals surface area contributed by atoms with Gasteiger partial charge < -0.3 is 0 Å². The fraction of sp³-hybridized carbons (Fsp3) is 0.222. The monoisotopic (exact) mass is 344 g/mol. The van der Waals surface area contributed by atoms with Gasteiger partial charge in [0.25, 0.3) is 0 Å². The molecule has 128 valence electrons. The quantitative estimate of drug-likeness (QED) is 0.559. The highest BCUT2D eigenvalue weighted by atomic mass is 19.4. The highest BCUT2D eigenvalue weighted by Crippen LogP contribution is 2.30. The van der Waals surface area contributed by atoms with Crippen molar-refractivity contribution in [1.29, 1.82) is 0 Å². The van der Waals surface area contributed by atoms with Crippen LogP contribution in [0.3, 0.4) is 0 Å². The summed E-state index contributed by atoms with van der Waals surface area (Å²) in [6.45, 7) is 1.95. The maximum atomic E-state index is 14.1. The average molecular weight is 344 g/mol. The van der Waals surface area contributed by atoms with E-state index in [9.17, 15) is 26.3 Å². The first-order chi connectivity index (χ1) is 11.2. The van der Waals surface area contributed by atoms with Crippen LogP contribution in [0.15, 0.2) is 42.5 Å². The molecule has 0 aliphatic carbocycles. The minimum Gasteiger partial charge on any atom is -0.206 e. The maximum absolute atomic E-state index is 14.1. The van der Waals surface area contributed by atoms with Crippen molar-refractivity contribution in [3.05, 3.63) is 65.2 Å². The van der Waals surface area contributed by atoms with Crippen LogP contribution in [-0.4, -0.2) is 6.18 Å². The van der Waals surface area contributed by atoms with Gasteiger partial charge in [0.2, 0.25) is 0 Å². The van der Waals surface area contributed by atoms with Crippen LogP contribution in [-0.2, 0) is 6.42 Å². The molecule has 0 spiro atoms. The maximum Gasteiger partial charge on any atom is 0.412 e. The van der Waals surface area contributed by atoms with Gasteiger partial charge in [-0.15, -0.1) is 0 Å². The number of rotatable bonds is 4. The van der Waals surface area contributed by atoms with Crippen molar-refractivity contribution in [2.24, 2.45) is 0 Å². The molecule has 0 radical (unpaired) electrons. The first-order valence-corrected chi connectivity index (χ1v) is 7.25. The third-order valence-corrected chi connectivity index (χ3v) is 3.40. The van der Waals surface area contributed by atoms with Crippen LogP contribution < -0.4 is 0 Å². The third-order valence-electron chi connectivity index (χ3n) is 3.40. The Morgan fingerprint density at radius 1 is 1.00 bits per heavy atom. The Balaban J connectivity index is 2.38.